The average Bonchev–Trinajstić information content (AvgIpc) is 2.07. The smallest absolute Gasteiger partial charge is 0.398 e. The molecule has 2 nitrogen and oxygen atoms in total. The summed E-state index contributed by atoms with van der Waals surface area (Å²) in [6, 6.07) is 1.60. The third-order valence-electron chi connectivity index (χ3n) is 1.74. The quantitative estimate of drug-likeness (QED) is 0.720. The van der Waals surface area contributed by atoms with Gasteiger partial charge < -0.3 is 11.5 Å². The third-order valence-corrected chi connectivity index (χ3v) is 2.06. The number of halogens is 4. The number of benzene rings is 1. The number of alkyl halides is 3. The molecule has 0 spiro atoms. The van der Waals surface area contributed by atoms with Gasteiger partial charge in [0.25, 0.3) is 0 Å². The molecule has 0 unspecified atom stereocenters. The van der Waals surface area contributed by atoms with Crippen LogP contribution in [0.15, 0.2) is 18.2 Å². The molecule has 1 aromatic carbocycles. The van der Waals surface area contributed by atoms with Gasteiger partial charge in [0.05, 0.1) is 10.7 Å². The van der Waals surface area contributed by atoms with Crippen LogP contribution in [0.25, 0.3) is 0 Å². The van der Waals surface area contributed by atoms with Crippen LogP contribution in [-0.2, 0) is 0 Å². The van der Waals surface area contributed by atoms with E-state index in [0.29, 0.717) is 0 Å². The van der Waals surface area contributed by atoms with Crippen LogP contribution in [0.5, 0.6) is 0 Å². The SMILES string of the molecule is Nc1ccc([C@@H](N)C(F)(F)F)cc1Cl. The van der Waals surface area contributed by atoms with Crippen LogP contribution in [0.2, 0.25) is 5.02 Å². The van der Waals surface area contributed by atoms with E-state index in [4.69, 9.17) is 23.1 Å². The fraction of sp³-hybridized carbons (Fsp3) is 0.250. The topological polar surface area (TPSA) is 52.0 Å². The van der Waals surface area contributed by atoms with Crippen LogP contribution in [0.3, 0.4) is 0 Å². The molecule has 0 aliphatic rings. The van der Waals surface area contributed by atoms with Gasteiger partial charge in [0.1, 0.15) is 6.04 Å². The molecular formula is C8H8ClF3N2. The van der Waals surface area contributed by atoms with E-state index < -0.39 is 12.2 Å². The van der Waals surface area contributed by atoms with Crippen molar-refractivity contribution in [3.63, 3.8) is 0 Å². The highest BCUT2D eigenvalue weighted by molar-refractivity contribution is 6.33. The minimum atomic E-state index is -4.47. The first-order valence-electron chi connectivity index (χ1n) is 3.69. The lowest BCUT2D eigenvalue weighted by atomic mass is 10.1. The summed E-state index contributed by atoms with van der Waals surface area (Å²) in [5.74, 6) is 0. The summed E-state index contributed by atoms with van der Waals surface area (Å²) < 4.78 is 36.5. The van der Waals surface area contributed by atoms with E-state index in [1.165, 1.54) is 12.1 Å². The van der Waals surface area contributed by atoms with Crippen molar-refractivity contribution in [3.05, 3.63) is 28.8 Å². The maximum atomic E-state index is 12.2. The predicted molar refractivity (Wildman–Crippen MR) is 48.8 cm³/mol. The van der Waals surface area contributed by atoms with Gasteiger partial charge in [-0.1, -0.05) is 17.7 Å². The number of rotatable bonds is 1. The summed E-state index contributed by atoms with van der Waals surface area (Å²) in [5.41, 5.74) is 10.4. The van der Waals surface area contributed by atoms with E-state index in [2.05, 4.69) is 0 Å². The zero-order valence-corrected chi connectivity index (χ0v) is 7.73. The second kappa shape index (κ2) is 3.67. The Hall–Kier alpha value is -0.940. The van der Waals surface area contributed by atoms with Crippen LogP contribution in [0.4, 0.5) is 18.9 Å². The molecule has 0 amide bonds. The Kier molecular flexibility index (Phi) is 2.92. The first-order valence-corrected chi connectivity index (χ1v) is 4.07. The molecule has 1 atom stereocenters. The maximum absolute atomic E-state index is 12.2. The highest BCUT2D eigenvalue weighted by Crippen LogP contribution is 2.32. The van der Waals surface area contributed by atoms with Crippen molar-refractivity contribution < 1.29 is 13.2 Å². The Morgan fingerprint density at radius 3 is 2.29 bits per heavy atom. The van der Waals surface area contributed by atoms with Gasteiger partial charge in [-0.25, -0.2) is 0 Å². The van der Waals surface area contributed by atoms with Crippen LogP contribution in [0, 0.1) is 0 Å². The minimum Gasteiger partial charge on any atom is -0.398 e. The molecule has 0 aliphatic heterocycles. The van der Waals surface area contributed by atoms with Crippen LogP contribution in [0.1, 0.15) is 11.6 Å². The average molecular weight is 225 g/mol. The molecule has 0 bridgehead atoms. The Morgan fingerprint density at radius 2 is 1.86 bits per heavy atom. The van der Waals surface area contributed by atoms with Gasteiger partial charge in [-0.2, -0.15) is 13.2 Å². The summed E-state index contributed by atoms with van der Waals surface area (Å²) in [7, 11) is 0. The molecule has 78 valence electrons. The van der Waals surface area contributed by atoms with Crippen molar-refractivity contribution in [2.24, 2.45) is 5.73 Å². The molecule has 0 saturated carbocycles. The maximum Gasteiger partial charge on any atom is 0.407 e. The zero-order valence-electron chi connectivity index (χ0n) is 6.98. The first-order chi connectivity index (χ1) is 6.32. The van der Waals surface area contributed by atoms with Gasteiger partial charge in [0.15, 0.2) is 0 Å². The Morgan fingerprint density at radius 1 is 1.29 bits per heavy atom. The molecule has 0 radical (unpaired) electrons. The molecule has 14 heavy (non-hydrogen) atoms. The van der Waals surface area contributed by atoms with Crippen molar-refractivity contribution in [2.75, 3.05) is 5.73 Å². The van der Waals surface area contributed by atoms with Gasteiger partial charge in [-0.15, -0.1) is 0 Å². The lowest BCUT2D eigenvalue weighted by molar-refractivity contribution is -0.149. The van der Waals surface area contributed by atoms with Crippen LogP contribution >= 0.6 is 11.6 Å². The van der Waals surface area contributed by atoms with E-state index in [0.717, 1.165) is 6.07 Å². The molecule has 0 saturated heterocycles. The number of hydrogen-bond donors (Lipinski definition) is 2. The molecule has 6 heteroatoms. The fourth-order valence-electron chi connectivity index (χ4n) is 0.926. The Bertz CT molecular complexity index is 338. The minimum absolute atomic E-state index is 0.0715. The van der Waals surface area contributed by atoms with E-state index >= 15 is 0 Å². The fourth-order valence-corrected chi connectivity index (χ4v) is 1.11. The summed E-state index contributed by atoms with van der Waals surface area (Å²) in [5, 5.41) is 0.0715. The molecule has 4 N–H and O–H groups in total. The largest absolute Gasteiger partial charge is 0.407 e. The number of hydrogen-bond acceptors (Lipinski definition) is 2. The summed E-state index contributed by atoms with van der Waals surface area (Å²) in [4.78, 5) is 0. The van der Waals surface area contributed by atoms with Gasteiger partial charge in [0, 0.05) is 0 Å². The summed E-state index contributed by atoms with van der Waals surface area (Å²) in [6.07, 6.45) is -4.47. The van der Waals surface area contributed by atoms with E-state index in [1.54, 1.807) is 0 Å². The van der Waals surface area contributed by atoms with Gasteiger partial charge in [-0.05, 0) is 17.7 Å². The van der Waals surface area contributed by atoms with Gasteiger partial charge in [0.2, 0.25) is 0 Å². The molecule has 0 fully saturated rings. The summed E-state index contributed by atoms with van der Waals surface area (Å²) in [6.45, 7) is 0. The van der Waals surface area contributed by atoms with E-state index in [1.807, 2.05) is 0 Å². The highest BCUT2D eigenvalue weighted by Gasteiger charge is 2.37. The number of nitrogens with two attached hydrogens (primary N) is 2. The van der Waals surface area contributed by atoms with Crippen LogP contribution < -0.4 is 11.5 Å². The molecule has 0 aromatic heterocycles. The third kappa shape index (κ3) is 2.30. The standard InChI is InChI=1S/C8H8ClF3N2/c9-5-3-4(1-2-6(5)13)7(14)8(10,11)12/h1-3,7H,13-14H2/t7-/m1/s1. The highest BCUT2D eigenvalue weighted by atomic mass is 35.5. The molecule has 1 rings (SSSR count). The van der Waals surface area contributed by atoms with Gasteiger partial charge >= 0.3 is 6.18 Å². The molecule has 1 aromatic rings. The lowest BCUT2D eigenvalue weighted by Gasteiger charge is -2.16. The van der Waals surface area contributed by atoms with Crippen molar-refractivity contribution in [1.29, 1.82) is 0 Å². The molecule has 0 heterocycles. The Labute approximate surface area is 83.6 Å². The van der Waals surface area contributed by atoms with Gasteiger partial charge in [-0.3, -0.25) is 0 Å². The second-order valence-corrected chi connectivity index (χ2v) is 3.21. The van der Waals surface area contributed by atoms with E-state index in [-0.39, 0.29) is 16.3 Å². The summed E-state index contributed by atoms with van der Waals surface area (Å²) >= 11 is 5.56. The van der Waals surface area contributed by atoms with Crippen molar-refractivity contribution in [1.82, 2.24) is 0 Å². The van der Waals surface area contributed by atoms with Crippen LogP contribution in [-0.4, -0.2) is 6.18 Å². The zero-order chi connectivity index (χ0) is 10.9. The normalized spacial score (nSPS) is 14.1. The van der Waals surface area contributed by atoms with Crippen molar-refractivity contribution in [3.8, 4) is 0 Å². The molecular weight excluding hydrogens is 217 g/mol. The van der Waals surface area contributed by atoms with Crippen molar-refractivity contribution in [2.45, 2.75) is 12.2 Å². The lowest BCUT2D eigenvalue weighted by Crippen LogP contribution is -2.28. The monoisotopic (exact) mass is 224 g/mol. The van der Waals surface area contributed by atoms with E-state index in [9.17, 15) is 13.2 Å². The molecule has 0 aliphatic carbocycles. The number of anilines is 1. The predicted octanol–water partition coefficient (Wildman–Crippen LogP) is 2.48. The second-order valence-electron chi connectivity index (χ2n) is 2.80. The number of nitrogen functional groups attached to an aromatic ring is 1. The Balaban J connectivity index is 3.03. The van der Waals surface area contributed by atoms with Crippen molar-refractivity contribution >= 4 is 17.3 Å². The first kappa shape index (κ1) is 11.1.